The number of hydrogen-bond donors (Lipinski definition) is 1. The van der Waals surface area contributed by atoms with Gasteiger partial charge in [-0.1, -0.05) is 37.6 Å². The summed E-state index contributed by atoms with van der Waals surface area (Å²) in [6, 6.07) is 16.6. The van der Waals surface area contributed by atoms with Gasteiger partial charge < -0.3 is 10.1 Å². The average Bonchev–Trinajstić information content (AvgIpc) is 3.24. The second kappa shape index (κ2) is 11.0. The molecule has 0 bridgehead atoms. The normalized spacial score (nSPS) is 11.8. The lowest BCUT2D eigenvalue weighted by molar-refractivity contribution is 0.0518. The number of carbonyl (C=O) groups excluding carboxylic acids is 2. The van der Waals surface area contributed by atoms with E-state index in [1.165, 1.54) is 0 Å². The molecule has 0 aliphatic rings. The molecule has 2 aromatic carbocycles. The highest BCUT2D eigenvalue weighted by Gasteiger charge is 2.19. The predicted molar refractivity (Wildman–Crippen MR) is 126 cm³/mol. The van der Waals surface area contributed by atoms with Crippen molar-refractivity contribution in [3.05, 3.63) is 82.1 Å². The fraction of sp³-hybridized carbons (Fsp3) is 0.320. The molecule has 168 valence electrons. The Labute approximate surface area is 193 Å². The number of rotatable bonds is 9. The smallest absolute Gasteiger partial charge is 0.358 e. The van der Waals surface area contributed by atoms with Crippen molar-refractivity contribution in [1.29, 1.82) is 0 Å². The zero-order chi connectivity index (χ0) is 23.1. The van der Waals surface area contributed by atoms with Crippen LogP contribution in [-0.4, -0.2) is 34.8 Å². The summed E-state index contributed by atoms with van der Waals surface area (Å²) in [4.78, 5) is 24.7. The summed E-state index contributed by atoms with van der Waals surface area (Å²) in [7, 11) is 0. The van der Waals surface area contributed by atoms with Crippen molar-refractivity contribution in [2.75, 3.05) is 13.2 Å². The summed E-state index contributed by atoms with van der Waals surface area (Å²) in [5.41, 5.74) is 3.62. The van der Waals surface area contributed by atoms with Crippen LogP contribution in [0.1, 0.15) is 65.2 Å². The highest BCUT2D eigenvalue weighted by molar-refractivity contribution is 6.30. The fourth-order valence-corrected chi connectivity index (χ4v) is 3.55. The van der Waals surface area contributed by atoms with Gasteiger partial charge in [-0.25, -0.2) is 9.48 Å². The van der Waals surface area contributed by atoms with Crippen molar-refractivity contribution in [2.45, 2.75) is 39.5 Å². The second-order valence-corrected chi connectivity index (χ2v) is 8.02. The molecule has 32 heavy (non-hydrogen) atoms. The van der Waals surface area contributed by atoms with E-state index >= 15 is 0 Å². The zero-order valence-corrected chi connectivity index (χ0v) is 19.4. The molecule has 0 saturated heterocycles. The molecule has 3 aromatic rings. The van der Waals surface area contributed by atoms with E-state index in [4.69, 9.17) is 16.3 Å². The van der Waals surface area contributed by atoms with Crippen molar-refractivity contribution in [3.8, 4) is 5.69 Å². The Hall–Kier alpha value is -3.12. The van der Waals surface area contributed by atoms with E-state index in [2.05, 4.69) is 24.3 Å². The van der Waals surface area contributed by atoms with Gasteiger partial charge in [0.2, 0.25) is 0 Å². The lowest BCUT2D eigenvalue weighted by Gasteiger charge is -2.12. The fourth-order valence-electron chi connectivity index (χ4n) is 3.34. The van der Waals surface area contributed by atoms with Gasteiger partial charge in [0, 0.05) is 22.8 Å². The Morgan fingerprint density at radius 3 is 2.53 bits per heavy atom. The first kappa shape index (κ1) is 23.5. The van der Waals surface area contributed by atoms with Crippen molar-refractivity contribution in [2.24, 2.45) is 0 Å². The maximum atomic E-state index is 12.5. The Kier molecular flexibility index (Phi) is 8.06. The molecule has 0 radical (unpaired) electrons. The molecule has 0 unspecified atom stereocenters. The van der Waals surface area contributed by atoms with Crippen LogP contribution in [0.4, 0.5) is 0 Å². The van der Waals surface area contributed by atoms with E-state index in [9.17, 15) is 9.59 Å². The molecule has 7 heteroatoms. The van der Waals surface area contributed by atoms with Crippen LogP contribution in [0.15, 0.2) is 54.6 Å². The van der Waals surface area contributed by atoms with Crippen molar-refractivity contribution >= 4 is 23.5 Å². The minimum absolute atomic E-state index is 0.145. The number of aromatic nitrogens is 2. The van der Waals surface area contributed by atoms with Gasteiger partial charge in [-0.05, 0) is 73.7 Å². The van der Waals surface area contributed by atoms with Gasteiger partial charge in [-0.2, -0.15) is 5.10 Å². The van der Waals surface area contributed by atoms with E-state index in [0.717, 1.165) is 23.4 Å². The molecule has 1 atom stereocenters. The molecule has 0 saturated carbocycles. The summed E-state index contributed by atoms with van der Waals surface area (Å²) in [5, 5.41) is 8.08. The third-order valence-electron chi connectivity index (χ3n) is 5.30. The number of halogens is 1. The van der Waals surface area contributed by atoms with Crippen LogP contribution in [0, 0.1) is 0 Å². The van der Waals surface area contributed by atoms with Crippen LogP contribution in [0.3, 0.4) is 0 Å². The molecular formula is C25H28ClN3O3. The highest BCUT2D eigenvalue weighted by Crippen LogP contribution is 2.24. The van der Waals surface area contributed by atoms with Crippen LogP contribution in [-0.2, 0) is 11.2 Å². The zero-order valence-electron chi connectivity index (χ0n) is 18.6. The number of amides is 1. The minimum atomic E-state index is -0.438. The first-order valence-electron chi connectivity index (χ1n) is 10.8. The van der Waals surface area contributed by atoms with Crippen LogP contribution in [0.2, 0.25) is 5.02 Å². The molecule has 1 amide bonds. The number of esters is 1. The van der Waals surface area contributed by atoms with Gasteiger partial charge >= 0.3 is 5.97 Å². The second-order valence-electron chi connectivity index (χ2n) is 7.58. The van der Waals surface area contributed by atoms with Gasteiger partial charge in [0.05, 0.1) is 12.3 Å². The Morgan fingerprint density at radius 2 is 1.88 bits per heavy atom. The number of benzene rings is 2. The molecule has 1 aromatic heterocycles. The highest BCUT2D eigenvalue weighted by atomic mass is 35.5. The van der Waals surface area contributed by atoms with Crippen LogP contribution < -0.4 is 5.32 Å². The number of hydrogen-bond acceptors (Lipinski definition) is 4. The summed E-state index contributed by atoms with van der Waals surface area (Å²) in [6.07, 6.45) is 1.60. The maximum absolute atomic E-state index is 12.5. The van der Waals surface area contributed by atoms with E-state index in [0.29, 0.717) is 30.2 Å². The summed E-state index contributed by atoms with van der Waals surface area (Å²) < 4.78 is 6.85. The van der Waals surface area contributed by atoms with Gasteiger partial charge in [-0.15, -0.1) is 0 Å². The van der Waals surface area contributed by atoms with Crippen molar-refractivity contribution in [1.82, 2.24) is 15.1 Å². The van der Waals surface area contributed by atoms with E-state index in [1.807, 2.05) is 36.4 Å². The summed E-state index contributed by atoms with van der Waals surface area (Å²) in [5.74, 6) is -0.375. The minimum Gasteiger partial charge on any atom is -0.461 e. The van der Waals surface area contributed by atoms with E-state index < -0.39 is 5.97 Å². The molecule has 0 aliphatic carbocycles. The third-order valence-corrected chi connectivity index (χ3v) is 5.54. The lowest BCUT2D eigenvalue weighted by atomic mass is 10.0. The van der Waals surface area contributed by atoms with Crippen LogP contribution >= 0.6 is 11.6 Å². The average molecular weight is 454 g/mol. The van der Waals surface area contributed by atoms with Gasteiger partial charge in [0.15, 0.2) is 5.69 Å². The number of nitrogens with zero attached hydrogens (tertiary/aromatic N) is 2. The first-order chi connectivity index (χ1) is 15.4. The number of carbonyl (C=O) groups is 2. The molecule has 0 fully saturated rings. The quantitative estimate of drug-likeness (QED) is 0.452. The number of ether oxygens (including phenoxy) is 1. The molecule has 1 heterocycles. The molecule has 0 aliphatic heterocycles. The summed E-state index contributed by atoms with van der Waals surface area (Å²) in [6.45, 7) is 6.75. The van der Waals surface area contributed by atoms with Crippen molar-refractivity contribution in [3.63, 3.8) is 0 Å². The molecule has 0 spiro atoms. The SMILES string of the molecule is CCOC(=O)c1cc([C@@H](C)CC)n(-c2ccc(C(=O)NCCc3cccc(Cl)c3)cc2)n1. The Morgan fingerprint density at radius 1 is 1.12 bits per heavy atom. The summed E-state index contributed by atoms with van der Waals surface area (Å²) >= 11 is 6.00. The topological polar surface area (TPSA) is 73.2 Å². The Bertz CT molecular complexity index is 1080. The largest absolute Gasteiger partial charge is 0.461 e. The lowest BCUT2D eigenvalue weighted by Crippen LogP contribution is -2.25. The standard InChI is InChI=1S/C25H28ClN3O3/c1-4-17(3)23-16-22(25(31)32-5-2)28-29(23)21-11-9-19(10-12-21)24(30)27-14-13-18-7-6-8-20(26)15-18/h6-12,15-17H,4-5,13-14H2,1-3H3,(H,27,30)/t17-/m0/s1. The van der Waals surface area contributed by atoms with Gasteiger partial charge in [-0.3, -0.25) is 4.79 Å². The molecule has 3 rings (SSSR count). The molecule has 6 nitrogen and oxygen atoms in total. The molecular weight excluding hydrogens is 426 g/mol. The van der Waals surface area contributed by atoms with Crippen molar-refractivity contribution < 1.29 is 14.3 Å². The van der Waals surface area contributed by atoms with Gasteiger partial charge in [0.25, 0.3) is 5.91 Å². The van der Waals surface area contributed by atoms with Crippen LogP contribution in [0.25, 0.3) is 5.69 Å². The van der Waals surface area contributed by atoms with E-state index in [-0.39, 0.29) is 17.5 Å². The predicted octanol–water partition coefficient (Wildman–Crippen LogP) is 5.19. The number of nitrogens with one attached hydrogen (secondary N) is 1. The van der Waals surface area contributed by atoms with E-state index in [1.54, 1.807) is 29.8 Å². The van der Waals surface area contributed by atoms with Crippen LogP contribution in [0.5, 0.6) is 0 Å². The third kappa shape index (κ3) is 5.77. The van der Waals surface area contributed by atoms with Gasteiger partial charge in [0.1, 0.15) is 0 Å². The first-order valence-corrected chi connectivity index (χ1v) is 11.2. The maximum Gasteiger partial charge on any atom is 0.358 e. The molecule has 1 N–H and O–H groups in total. The Balaban J connectivity index is 1.71. The monoisotopic (exact) mass is 453 g/mol.